The molecule has 0 saturated heterocycles. The van der Waals surface area contributed by atoms with Crippen molar-refractivity contribution in [3.8, 4) is 0 Å². The van der Waals surface area contributed by atoms with Crippen LogP contribution in [0.25, 0.3) is 0 Å². The Bertz CT molecular complexity index is 584. The molecular formula is C14H17ClFN3OS. The van der Waals surface area contributed by atoms with Crippen LogP contribution in [-0.2, 0) is 11.3 Å². The molecule has 21 heavy (non-hydrogen) atoms. The molecule has 2 N–H and O–H groups in total. The Morgan fingerprint density at radius 2 is 1.90 bits per heavy atom. The predicted octanol–water partition coefficient (Wildman–Crippen LogP) is 3.65. The highest BCUT2D eigenvalue weighted by molar-refractivity contribution is 7.98. The molecule has 0 aliphatic heterocycles. The van der Waals surface area contributed by atoms with Crippen molar-refractivity contribution in [2.24, 2.45) is 5.73 Å². The van der Waals surface area contributed by atoms with E-state index in [9.17, 15) is 4.39 Å². The van der Waals surface area contributed by atoms with Gasteiger partial charge >= 0.3 is 0 Å². The normalized spacial score (nSPS) is 16.7. The topological polar surface area (TPSA) is 64.9 Å². The van der Waals surface area contributed by atoms with Crippen molar-refractivity contribution in [2.45, 2.75) is 41.9 Å². The Morgan fingerprint density at radius 3 is 2.57 bits per heavy atom. The lowest BCUT2D eigenvalue weighted by Gasteiger charge is -2.17. The van der Waals surface area contributed by atoms with E-state index in [2.05, 4.69) is 10.1 Å². The monoisotopic (exact) mass is 329 g/mol. The first-order valence-corrected chi connectivity index (χ1v) is 7.65. The standard InChI is InChI=1S/C14H16FN3OS.ClH/c15-10-3-5-11(6-4-10)20-9-12-17-13(18-19-12)14(16)7-1-2-8-14;/h3-6H,1-2,7-9,16H2;1H. The van der Waals surface area contributed by atoms with Crippen molar-refractivity contribution in [1.29, 1.82) is 0 Å². The molecular weight excluding hydrogens is 313 g/mol. The number of aromatic nitrogens is 2. The van der Waals surface area contributed by atoms with Crippen LogP contribution < -0.4 is 5.73 Å². The number of rotatable bonds is 4. The second-order valence-electron chi connectivity index (χ2n) is 5.12. The third-order valence-electron chi connectivity index (χ3n) is 3.59. The van der Waals surface area contributed by atoms with Gasteiger partial charge in [0, 0.05) is 4.90 Å². The van der Waals surface area contributed by atoms with E-state index in [1.165, 1.54) is 23.9 Å². The van der Waals surface area contributed by atoms with Gasteiger partial charge in [-0.2, -0.15) is 4.98 Å². The number of nitrogens with two attached hydrogens (primary N) is 1. The number of nitrogens with zero attached hydrogens (tertiary/aromatic N) is 2. The van der Waals surface area contributed by atoms with Crippen molar-refractivity contribution in [2.75, 3.05) is 0 Å². The van der Waals surface area contributed by atoms with Crippen LogP contribution in [0.3, 0.4) is 0 Å². The Labute approximate surface area is 133 Å². The summed E-state index contributed by atoms with van der Waals surface area (Å²) in [6, 6.07) is 6.35. The van der Waals surface area contributed by atoms with Gasteiger partial charge in [-0.05, 0) is 37.1 Å². The van der Waals surface area contributed by atoms with Gasteiger partial charge in [-0.3, -0.25) is 0 Å². The average molecular weight is 330 g/mol. The van der Waals surface area contributed by atoms with E-state index in [4.69, 9.17) is 10.3 Å². The first-order chi connectivity index (χ1) is 9.66. The smallest absolute Gasteiger partial charge is 0.237 e. The van der Waals surface area contributed by atoms with E-state index < -0.39 is 5.54 Å². The summed E-state index contributed by atoms with van der Waals surface area (Å²) in [5, 5.41) is 4.01. The van der Waals surface area contributed by atoms with Crippen LogP contribution >= 0.6 is 24.2 Å². The maximum atomic E-state index is 12.8. The maximum Gasteiger partial charge on any atom is 0.237 e. The van der Waals surface area contributed by atoms with Gasteiger partial charge in [0.1, 0.15) is 5.82 Å². The highest BCUT2D eigenvalue weighted by Gasteiger charge is 2.35. The van der Waals surface area contributed by atoms with Crippen molar-refractivity contribution in [3.63, 3.8) is 0 Å². The van der Waals surface area contributed by atoms with Gasteiger partial charge in [0.2, 0.25) is 5.89 Å². The van der Waals surface area contributed by atoms with Crippen molar-refractivity contribution in [1.82, 2.24) is 10.1 Å². The number of hydrogen-bond acceptors (Lipinski definition) is 5. The number of thioether (sulfide) groups is 1. The zero-order valence-electron chi connectivity index (χ0n) is 11.4. The molecule has 0 bridgehead atoms. The van der Waals surface area contributed by atoms with Gasteiger partial charge in [0.25, 0.3) is 0 Å². The molecule has 1 saturated carbocycles. The van der Waals surface area contributed by atoms with Crippen LogP contribution in [0.5, 0.6) is 0 Å². The van der Waals surface area contributed by atoms with Crippen LogP contribution in [0.2, 0.25) is 0 Å². The van der Waals surface area contributed by atoms with E-state index in [0.717, 1.165) is 30.6 Å². The quantitative estimate of drug-likeness (QED) is 0.867. The summed E-state index contributed by atoms with van der Waals surface area (Å²) < 4.78 is 18.1. The molecule has 0 atom stereocenters. The maximum absolute atomic E-state index is 12.8. The van der Waals surface area contributed by atoms with Crippen LogP contribution in [0.1, 0.15) is 37.4 Å². The lowest BCUT2D eigenvalue weighted by atomic mass is 9.99. The third kappa shape index (κ3) is 3.75. The summed E-state index contributed by atoms with van der Waals surface area (Å²) in [5.74, 6) is 1.51. The van der Waals surface area contributed by atoms with Crippen LogP contribution in [0, 0.1) is 5.82 Å². The number of hydrogen-bond donors (Lipinski definition) is 1. The summed E-state index contributed by atoms with van der Waals surface area (Å²) >= 11 is 1.53. The van der Waals surface area contributed by atoms with Gasteiger partial charge in [-0.25, -0.2) is 4.39 Å². The van der Waals surface area contributed by atoms with E-state index in [-0.39, 0.29) is 18.2 Å². The van der Waals surface area contributed by atoms with Gasteiger partial charge in [-0.15, -0.1) is 24.2 Å². The minimum Gasteiger partial charge on any atom is -0.338 e. The molecule has 1 aromatic carbocycles. The van der Waals surface area contributed by atoms with Gasteiger partial charge in [0.05, 0.1) is 11.3 Å². The summed E-state index contributed by atoms with van der Waals surface area (Å²) in [6.07, 6.45) is 4.06. The molecule has 0 unspecified atom stereocenters. The van der Waals surface area contributed by atoms with Crippen LogP contribution in [-0.4, -0.2) is 10.1 Å². The fraction of sp³-hybridized carbons (Fsp3) is 0.429. The summed E-state index contributed by atoms with van der Waals surface area (Å²) in [4.78, 5) is 5.37. The van der Waals surface area contributed by atoms with Crippen LogP contribution in [0.4, 0.5) is 4.39 Å². The Hall–Kier alpha value is -1.11. The Morgan fingerprint density at radius 1 is 1.24 bits per heavy atom. The summed E-state index contributed by atoms with van der Waals surface area (Å²) in [5.41, 5.74) is 5.87. The third-order valence-corrected chi connectivity index (χ3v) is 4.58. The fourth-order valence-corrected chi connectivity index (χ4v) is 3.16. The lowest BCUT2D eigenvalue weighted by molar-refractivity contribution is 0.355. The van der Waals surface area contributed by atoms with Crippen molar-refractivity contribution in [3.05, 3.63) is 41.8 Å². The first kappa shape index (κ1) is 16.3. The Kier molecular flexibility index (Phi) is 5.24. The molecule has 1 aliphatic rings. The fourth-order valence-electron chi connectivity index (χ4n) is 2.42. The molecule has 1 aromatic heterocycles. The minimum absolute atomic E-state index is 0. The second-order valence-corrected chi connectivity index (χ2v) is 6.17. The Balaban J connectivity index is 0.00000161. The van der Waals surface area contributed by atoms with Gasteiger partial charge in [-0.1, -0.05) is 18.0 Å². The van der Waals surface area contributed by atoms with E-state index in [1.54, 1.807) is 12.1 Å². The van der Waals surface area contributed by atoms with E-state index >= 15 is 0 Å². The minimum atomic E-state index is -0.414. The molecule has 3 rings (SSSR count). The van der Waals surface area contributed by atoms with E-state index in [0.29, 0.717) is 17.5 Å². The zero-order chi connectivity index (χ0) is 14.0. The molecule has 1 heterocycles. The highest BCUT2D eigenvalue weighted by atomic mass is 35.5. The molecule has 0 amide bonds. The summed E-state index contributed by atoms with van der Waals surface area (Å²) in [7, 11) is 0. The second kappa shape index (κ2) is 6.77. The first-order valence-electron chi connectivity index (χ1n) is 6.66. The van der Waals surface area contributed by atoms with Crippen molar-refractivity contribution >= 4 is 24.2 Å². The molecule has 1 fully saturated rings. The van der Waals surface area contributed by atoms with Crippen LogP contribution in [0.15, 0.2) is 33.7 Å². The molecule has 114 valence electrons. The zero-order valence-corrected chi connectivity index (χ0v) is 13.1. The average Bonchev–Trinajstić information content (AvgIpc) is 3.08. The van der Waals surface area contributed by atoms with Gasteiger partial charge < -0.3 is 10.3 Å². The summed E-state index contributed by atoms with van der Waals surface area (Å²) in [6.45, 7) is 0. The van der Waals surface area contributed by atoms with Gasteiger partial charge in [0.15, 0.2) is 5.82 Å². The molecule has 0 radical (unpaired) electrons. The number of halogens is 2. The lowest BCUT2D eigenvalue weighted by Crippen LogP contribution is -2.34. The predicted molar refractivity (Wildman–Crippen MR) is 81.8 cm³/mol. The highest BCUT2D eigenvalue weighted by Crippen LogP contribution is 2.35. The number of benzene rings is 1. The molecule has 7 heteroatoms. The van der Waals surface area contributed by atoms with E-state index in [1.807, 2.05) is 0 Å². The largest absolute Gasteiger partial charge is 0.338 e. The molecule has 1 aliphatic carbocycles. The molecule has 2 aromatic rings. The molecule has 0 spiro atoms. The molecule has 4 nitrogen and oxygen atoms in total. The van der Waals surface area contributed by atoms with Crippen molar-refractivity contribution < 1.29 is 8.91 Å². The SMILES string of the molecule is Cl.NC1(c2noc(CSc3ccc(F)cc3)n2)CCCC1.